The van der Waals surface area contributed by atoms with E-state index in [1.807, 2.05) is 11.4 Å². The average molecular weight is 306 g/mol. The van der Waals surface area contributed by atoms with Crippen molar-refractivity contribution in [3.8, 4) is 11.8 Å². The number of nitrogens with one attached hydrogen (secondary N) is 1. The first-order chi connectivity index (χ1) is 9.69. The molecular formula is C14H14N2O2S2. The van der Waals surface area contributed by atoms with Crippen molar-refractivity contribution in [3.05, 3.63) is 44.0 Å². The van der Waals surface area contributed by atoms with Crippen LogP contribution in [0.3, 0.4) is 0 Å². The summed E-state index contributed by atoms with van der Waals surface area (Å²) in [6.45, 7) is 1.88. The minimum Gasteiger partial charge on any atom is -0.395 e. The number of hydrogen-bond acceptors (Lipinski definition) is 5. The molecule has 0 aromatic carbocycles. The molecule has 2 heterocycles. The van der Waals surface area contributed by atoms with E-state index in [-0.39, 0.29) is 12.2 Å². The quantitative estimate of drug-likeness (QED) is 0.516. The summed E-state index contributed by atoms with van der Waals surface area (Å²) in [6.07, 6.45) is 0.481. The van der Waals surface area contributed by atoms with Crippen LogP contribution in [0.25, 0.3) is 0 Å². The molecule has 2 aromatic rings. The second kappa shape index (κ2) is 7.29. The fourth-order valence-corrected chi connectivity index (χ4v) is 3.40. The highest BCUT2D eigenvalue weighted by atomic mass is 32.2. The molecule has 0 saturated heterocycles. The number of nitrogens with zero attached hydrogens (tertiary/aromatic N) is 1. The number of aliphatic hydroxyl groups excluding tert-OH is 1. The van der Waals surface area contributed by atoms with Gasteiger partial charge in [-0.15, -0.1) is 11.3 Å². The zero-order chi connectivity index (χ0) is 14.4. The molecule has 0 saturated carbocycles. The maximum absolute atomic E-state index is 11.4. The summed E-state index contributed by atoms with van der Waals surface area (Å²) < 4.78 is 0. The summed E-state index contributed by atoms with van der Waals surface area (Å²) in [7, 11) is 0. The summed E-state index contributed by atoms with van der Waals surface area (Å²) in [5, 5.41) is 11.3. The van der Waals surface area contributed by atoms with Crippen molar-refractivity contribution in [2.75, 3.05) is 6.61 Å². The molecule has 104 valence electrons. The van der Waals surface area contributed by atoms with E-state index in [4.69, 9.17) is 5.11 Å². The van der Waals surface area contributed by atoms with E-state index < -0.39 is 0 Å². The molecule has 2 aromatic heterocycles. The minimum absolute atomic E-state index is 0.0790. The first-order valence-corrected chi connectivity index (χ1v) is 7.92. The number of aromatic nitrogens is 2. The molecule has 0 unspecified atom stereocenters. The normalized spacial score (nSPS) is 10.1. The molecule has 2 N–H and O–H groups in total. The molecule has 0 fully saturated rings. The third kappa shape index (κ3) is 4.23. The van der Waals surface area contributed by atoms with Gasteiger partial charge in [0, 0.05) is 34.4 Å². The molecule has 0 aliphatic carbocycles. The Balaban J connectivity index is 2.06. The number of aromatic amines is 1. The Morgan fingerprint density at radius 3 is 3.15 bits per heavy atom. The number of aryl methyl sites for hydroxylation is 1. The van der Waals surface area contributed by atoms with Gasteiger partial charge in [-0.3, -0.25) is 4.79 Å². The van der Waals surface area contributed by atoms with Gasteiger partial charge < -0.3 is 10.1 Å². The number of hydrogen-bond donors (Lipinski definition) is 2. The average Bonchev–Trinajstić information content (AvgIpc) is 2.83. The monoisotopic (exact) mass is 306 g/mol. The van der Waals surface area contributed by atoms with E-state index in [2.05, 4.69) is 21.8 Å². The van der Waals surface area contributed by atoms with Crippen molar-refractivity contribution in [2.45, 2.75) is 24.3 Å². The summed E-state index contributed by atoms with van der Waals surface area (Å²) in [5.41, 5.74) is 1.56. The number of H-pyrrole nitrogens is 1. The molecule has 0 aliphatic rings. The lowest BCUT2D eigenvalue weighted by atomic mass is 10.2. The van der Waals surface area contributed by atoms with Crippen molar-refractivity contribution < 1.29 is 5.11 Å². The zero-order valence-corrected chi connectivity index (χ0v) is 12.6. The van der Waals surface area contributed by atoms with Crippen molar-refractivity contribution in [2.24, 2.45) is 0 Å². The highest BCUT2D eigenvalue weighted by Crippen LogP contribution is 2.25. The molecule has 0 aliphatic heterocycles. The highest BCUT2D eigenvalue weighted by molar-refractivity contribution is 7.98. The van der Waals surface area contributed by atoms with E-state index in [1.165, 1.54) is 17.8 Å². The molecule has 0 bridgehead atoms. The third-order valence-electron chi connectivity index (χ3n) is 2.39. The molecule has 0 atom stereocenters. The molecule has 20 heavy (non-hydrogen) atoms. The van der Waals surface area contributed by atoms with Crippen LogP contribution in [-0.2, 0) is 5.75 Å². The number of rotatable bonds is 4. The fraction of sp³-hybridized carbons (Fsp3) is 0.286. The van der Waals surface area contributed by atoms with Crippen molar-refractivity contribution in [1.29, 1.82) is 0 Å². The predicted octanol–water partition coefficient (Wildman–Crippen LogP) is 2.17. The Morgan fingerprint density at radius 1 is 1.55 bits per heavy atom. The molecule has 0 radical (unpaired) electrons. The van der Waals surface area contributed by atoms with Crippen LogP contribution in [0.5, 0.6) is 0 Å². The molecule has 2 rings (SSSR count). The van der Waals surface area contributed by atoms with Gasteiger partial charge in [-0.1, -0.05) is 23.6 Å². The Bertz CT molecular complexity index is 695. The number of aliphatic hydroxyl groups is 1. The Morgan fingerprint density at radius 2 is 2.40 bits per heavy atom. The maximum atomic E-state index is 11.4. The van der Waals surface area contributed by atoms with Gasteiger partial charge in [0.15, 0.2) is 5.16 Å². The zero-order valence-electron chi connectivity index (χ0n) is 11.0. The third-order valence-corrected chi connectivity index (χ3v) is 4.40. The fourth-order valence-electron chi connectivity index (χ4n) is 1.53. The molecule has 6 heteroatoms. The Hall–Kier alpha value is -1.55. The predicted molar refractivity (Wildman–Crippen MR) is 82.1 cm³/mol. The minimum atomic E-state index is -0.130. The number of thiophene rings is 1. The number of thioether (sulfide) groups is 1. The Labute approximate surface area is 125 Å². The molecule has 4 nitrogen and oxygen atoms in total. The second-order valence-electron chi connectivity index (χ2n) is 4.01. The SMILES string of the molecule is Cc1cc(=O)[nH]c(SCc2sccc2C#CCCO)n1. The lowest BCUT2D eigenvalue weighted by molar-refractivity contribution is 0.305. The maximum Gasteiger partial charge on any atom is 0.251 e. The van der Waals surface area contributed by atoms with E-state index in [9.17, 15) is 4.79 Å². The van der Waals surface area contributed by atoms with Crippen molar-refractivity contribution in [1.82, 2.24) is 9.97 Å². The van der Waals surface area contributed by atoms with E-state index in [1.54, 1.807) is 18.3 Å². The summed E-state index contributed by atoms with van der Waals surface area (Å²) in [4.78, 5) is 19.5. The van der Waals surface area contributed by atoms with Crippen LogP contribution >= 0.6 is 23.1 Å². The van der Waals surface area contributed by atoms with E-state index >= 15 is 0 Å². The summed E-state index contributed by atoms with van der Waals surface area (Å²) in [5.74, 6) is 6.68. The van der Waals surface area contributed by atoms with Crippen LogP contribution in [-0.4, -0.2) is 21.7 Å². The summed E-state index contributed by atoms with van der Waals surface area (Å²) in [6, 6.07) is 3.44. The van der Waals surface area contributed by atoms with Crippen LogP contribution in [0, 0.1) is 18.8 Å². The molecule has 0 spiro atoms. The van der Waals surface area contributed by atoms with Crippen LogP contribution in [0.1, 0.15) is 22.6 Å². The van der Waals surface area contributed by atoms with Gasteiger partial charge in [-0.25, -0.2) is 4.98 Å². The van der Waals surface area contributed by atoms with Gasteiger partial charge in [0.2, 0.25) is 0 Å². The van der Waals surface area contributed by atoms with Crippen LogP contribution in [0.4, 0.5) is 0 Å². The first kappa shape index (κ1) is 14.9. The standard InChI is InChI=1S/C14H14N2O2S2/c1-10-8-13(18)16-14(15-10)20-9-12-11(5-7-19-12)4-2-3-6-17/h5,7-8,17H,3,6,9H2,1H3,(H,15,16,18). The lowest BCUT2D eigenvalue weighted by Crippen LogP contribution is -2.07. The van der Waals surface area contributed by atoms with Gasteiger partial charge in [-0.05, 0) is 18.4 Å². The lowest BCUT2D eigenvalue weighted by Gasteiger charge is -2.00. The topological polar surface area (TPSA) is 66.0 Å². The van der Waals surface area contributed by atoms with Crippen molar-refractivity contribution >= 4 is 23.1 Å². The summed E-state index contributed by atoms with van der Waals surface area (Å²) >= 11 is 3.12. The van der Waals surface area contributed by atoms with Gasteiger partial charge in [-0.2, -0.15) is 0 Å². The molecular weight excluding hydrogens is 292 g/mol. The second-order valence-corrected chi connectivity index (χ2v) is 5.98. The smallest absolute Gasteiger partial charge is 0.251 e. The first-order valence-electron chi connectivity index (χ1n) is 6.06. The van der Waals surface area contributed by atoms with Crippen molar-refractivity contribution in [3.63, 3.8) is 0 Å². The highest BCUT2D eigenvalue weighted by Gasteiger charge is 2.05. The van der Waals surface area contributed by atoms with E-state index in [0.29, 0.717) is 23.0 Å². The molecule has 0 amide bonds. The van der Waals surface area contributed by atoms with Gasteiger partial charge in [0.05, 0.1) is 6.61 Å². The Kier molecular flexibility index (Phi) is 5.41. The van der Waals surface area contributed by atoms with Crippen LogP contribution in [0.15, 0.2) is 27.5 Å². The van der Waals surface area contributed by atoms with Crippen LogP contribution < -0.4 is 5.56 Å². The van der Waals surface area contributed by atoms with Crippen LogP contribution in [0.2, 0.25) is 0 Å². The van der Waals surface area contributed by atoms with E-state index in [0.717, 1.165) is 10.4 Å². The van der Waals surface area contributed by atoms with Gasteiger partial charge in [0.1, 0.15) is 0 Å². The van der Waals surface area contributed by atoms with Gasteiger partial charge >= 0.3 is 0 Å². The van der Waals surface area contributed by atoms with Gasteiger partial charge in [0.25, 0.3) is 5.56 Å². The largest absolute Gasteiger partial charge is 0.395 e.